The van der Waals surface area contributed by atoms with Gasteiger partial charge in [0.05, 0.1) is 6.10 Å². The van der Waals surface area contributed by atoms with Crippen LogP contribution in [0.1, 0.15) is 70.6 Å². The molecule has 0 bridgehead atoms. The summed E-state index contributed by atoms with van der Waals surface area (Å²) < 4.78 is 0. The molecular weight excluding hydrogens is 258 g/mol. The van der Waals surface area contributed by atoms with Gasteiger partial charge in [0, 0.05) is 17.5 Å². The van der Waals surface area contributed by atoms with E-state index in [4.69, 9.17) is 0 Å². The van der Waals surface area contributed by atoms with E-state index in [0.717, 1.165) is 32.1 Å². The van der Waals surface area contributed by atoms with E-state index >= 15 is 0 Å². The quantitative estimate of drug-likeness (QED) is 0.540. The van der Waals surface area contributed by atoms with E-state index in [1.54, 1.807) is 0 Å². The van der Waals surface area contributed by atoms with Gasteiger partial charge in [-0.05, 0) is 64.2 Å². The van der Waals surface area contributed by atoms with Gasteiger partial charge in [-0.25, -0.2) is 0 Å². The van der Waals surface area contributed by atoms with Gasteiger partial charge in [-0.2, -0.15) is 0 Å². The zero-order chi connectivity index (χ0) is 15.1. The number of unbranched alkanes of at least 4 members (excludes halogenated alkanes) is 1. The lowest BCUT2D eigenvalue weighted by Gasteiger charge is -2.52. The summed E-state index contributed by atoms with van der Waals surface area (Å²) in [5.41, 5.74) is 0.192. The summed E-state index contributed by atoms with van der Waals surface area (Å²) >= 11 is 0. The van der Waals surface area contributed by atoms with Crippen molar-refractivity contribution < 1.29 is 5.11 Å². The molecule has 2 fully saturated rings. The molecule has 2 rings (SSSR count). The number of hydrogen-bond donors (Lipinski definition) is 2. The van der Waals surface area contributed by atoms with Crippen LogP contribution in [0.15, 0.2) is 25.3 Å². The molecule has 1 aliphatic heterocycles. The Morgan fingerprint density at radius 1 is 1.05 bits per heavy atom. The fourth-order valence-corrected chi connectivity index (χ4v) is 4.58. The SMILES string of the molecule is C=CCCC[C@@H]1CCC[C@]2(CCC[C@H](O)[C@H]2CCC=C)N1. The molecule has 0 amide bonds. The highest BCUT2D eigenvalue weighted by atomic mass is 16.3. The minimum absolute atomic E-state index is 0.127. The van der Waals surface area contributed by atoms with Crippen LogP contribution in [-0.4, -0.2) is 22.8 Å². The van der Waals surface area contributed by atoms with E-state index < -0.39 is 0 Å². The Balaban J connectivity index is 2.01. The summed E-state index contributed by atoms with van der Waals surface area (Å²) in [5.74, 6) is 0.409. The summed E-state index contributed by atoms with van der Waals surface area (Å²) in [4.78, 5) is 0. The molecule has 2 nitrogen and oxygen atoms in total. The number of nitrogens with one attached hydrogen (secondary N) is 1. The molecule has 4 atom stereocenters. The third kappa shape index (κ3) is 4.20. The number of rotatable bonds is 7. The second kappa shape index (κ2) is 8.14. The molecule has 0 radical (unpaired) electrons. The molecular formula is C19H33NO. The Kier molecular flexibility index (Phi) is 6.50. The van der Waals surface area contributed by atoms with Crippen LogP contribution in [0, 0.1) is 5.92 Å². The van der Waals surface area contributed by atoms with Crippen molar-refractivity contribution in [1.29, 1.82) is 0 Å². The molecule has 0 aromatic rings. The van der Waals surface area contributed by atoms with Crippen LogP contribution in [-0.2, 0) is 0 Å². The Bertz CT molecular complexity index is 336. The Hall–Kier alpha value is -0.600. The standard InChI is InChI=1S/C19H33NO/c1-3-5-7-10-16-11-8-14-19(20-16)15-9-13-18(21)17(19)12-6-4-2/h3-4,16-18,20-21H,1-2,5-15H2/t16-,17-,18+,19-/m1/s1. The summed E-state index contributed by atoms with van der Waals surface area (Å²) in [7, 11) is 0. The van der Waals surface area contributed by atoms with Crippen LogP contribution in [0.25, 0.3) is 0 Å². The van der Waals surface area contributed by atoms with Gasteiger partial charge in [-0.15, -0.1) is 13.2 Å². The minimum atomic E-state index is -0.127. The summed E-state index contributed by atoms with van der Waals surface area (Å²) in [6.07, 6.45) is 16.8. The van der Waals surface area contributed by atoms with E-state index in [1.165, 1.54) is 38.5 Å². The molecule has 2 aliphatic rings. The van der Waals surface area contributed by atoms with Gasteiger partial charge >= 0.3 is 0 Å². The first kappa shape index (κ1) is 16.8. The smallest absolute Gasteiger partial charge is 0.0586 e. The van der Waals surface area contributed by atoms with Gasteiger partial charge in [0.25, 0.3) is 0 Å². The second-order valence-electron chi connectivity index (χ2n) is 7.04. The molecule has 2 heteroatoms. The lowest BCUT2D eigenvalue weighted by atomic mass is 9.65. The van der Waals surface area contributed by atoms with Crippen LogP contribution in [0.3, 0.4) is 0 Å². The number of hydrogen-bond acceptors (Lipinski definition) is 2. The van der Waals surface area contributed by atoms with Gasteiger partial charge in [0.2, 0.25) is 0 Å². The highest BCUT2D eigenvalue weighted by Gasteiger charge is 2.46. The maximum absolute atomic E-state index is 10.5. The number of piperidine rings is 1. The molecule has 2 N–H and O–H groups in total. The number of aliphatic hydroxyl groups is 1. The predicted octanol–water partition coefficient (Wildman–Crippen LogP) is 4.35. The van der Waals surface area contributed by atoms with Gasteiger partial charge < -0.3 is 10.4 Å². The molecule has 1 spiro atoms. The van der Waals surface area contributed by atoms with Crippen LogP contribution < -0.4 is 5.32 Å². The first-order valence-corrected chi connectivity index (χ1v) is 8.89. The molecule has 21 heavy (non-hydrogen) atoms. The zero-order valence-electron chi connectivity index (χ0n) is 13.5. The minimum Gasteiger partial charge on any atom is -0.393 e. The molecule has 1 saturated heterocycles. The van der Waals surface area contributed by atoms with Crippen molar-refractivity contribution >= 4 is 0 Å². The molecule has 1 heterocycles. The van der Waals surface area contributed by atoms with Crippen molar-refractivity contribution in [3.63, 3.8) is 0 Å². The maximum atomic E-state index is 10.5. The van der Waals surface area contributed by atoms with Crippen LogP contribution in [0.5, 0.6) is 0 Å². The molecule has 0 aromatic carbocycles. The van der Waals surface area contributed by atoms with Crippen molar-refractivity contribution in [1.82, 2.24) is 5.32 Å². The molecule has 0 unspecified atom stereocenters. The third-order valence-electron chi connectivity index (χ3n) is 5.61. The van der Waals surface area contributed by atoms with Gasteiger partial charge in [0.15, 0.2) is 0 Å². The highest BCUT2D eigenvalue weighted by molar-refractivity contribution is 5.04. The summed E-state index contributed by atoms with van der Waals surface area (Å²) in [6, 6.07) is 0.634. The average molecular weight is 291 g/mol. The first-order valence-electron chi connectivity index (χ1n) is 8.89. The normalized spacial score (nSPS) is 36.5. The van der Waals surface area contributed by atoms with Gasteiger partial charge in [-0.1, -0.05) is 18.6 Å². The van der Waals surface area contributed by atoms with E-state index in [9.17, 15) is 5.11 Å². The van der Waals surface area contributed by atoms with Crippen LogP contribution in [0.2, 0.25) is 0 Å². The van der Waals surface area contributed by atoms with Gasteiger partial charge in [0.1, 0.15) is 0 Å². The van der Waals surface area contributed by atoms with Crippen molar-refractivity contribution in [3.8, 4) is 0 Å². The Labute approximate surface area is 130 Å². The Morgan fingerprint density at radius 3 is 2.48 bits per heavy atom. The van der Waals surface area contributed by atoms with Crippen molar-refractivity contribution in [2.75, 3.05) is 0 Å². The second-order valence-corrected chi connectivity index (χ2v) is 7.04. The van der Waals surface area contributed by atoms with E-state index in [2.05, 4.69) is 18.5 Å². The highest BCUT2D eigenvalue weighted by Crippen LogP contribution is 2.43. The van der Waals surface area contributed by atoms with Crippen LogP contribution >= 0.6 is 0 Å². The van der Waals surface area contributed by atoms with E-state index in [0.29, 0.717) is 12.0 Å². The van der Waals surface area contributed by atoms with Crippen molar-refractivity contribution in [2.45, 2.75) is 88.3 Å². The van der Waals surface area contributed by atoms with E-state index in [-0.39, 0.29) is 11.6 Å². The summed E-state index contributed by atoms with van der Waals surface area (Å²) in [6.45, 7) is 7.68. The lowest BCUT2D eigenvalue weighted by molar-refractivity contribution is -0.0243. The topological polar surface area (TPSA) is 32.3 Å². The number of allylic oxidation sites excluding steroid dienone is 2. The number of aliphatic hydroxyl groups excluding tert-OH is 1. The molecule has 120 valence electrons. The summed E-state index contributed by atoms with van der Waals surface area (Å²) in [5, 5.41) is 14.5. The largest absolute Gasteiger partial charge is 0.393 e. The molecule has 0 aromatic heterocycles. The average Bonchev–Trinajstić information content (AvgIpc) is 2.47. The first-order chi connectivity index (χ1) is 10.2. The zero-order valence-corrected chi connectivity index (χ0v) is 13.5. The fourth-order valence-electron chi connectivity index (χ4n) is 4.58. The van der Waals surface area contributed by atoms with Crippen LogP contribution in [0.4, 0.5) is 0 Å². The Morgan fingerprint density at radius 2 is 1.76 bits per heavy atom. The maximum Gasteiger partial charge on any atom is 0.0586 e. The van der Waals surface area contributed by atoms with Gasteiger partial charge in [-0.3, -0.25) is 0 Å². The van der Waals surface area contributed by atoms with Crippen molar-refractivity contribution in [3.05, 3.63) is 25.3 Å². The van der Waals surface area contributed by atoms with E-state index in [1.807, 2.05) is 12.2 Å². The monoisotopic (exact) mass is 291 g/mol. The fraction of sp³-hybridized carbons (Fsp3) is 0.789. The van der Waals surface area contributed by atoms with Crippen molar-refractivity contribution in [2.24, 2.45) is 5.92 Å². The molecule has 1 saturated carbocycles. The third-order valence-corrected chi connectivity index (χ3v) is 5.61. The molecule has 1 aliphatic carbocycles. The predicted molar refractivity (Wildman–Crippen MR) is 90.3 cm³/mol. The lowest BCUT2D eigenvalue weighted by Crippen LogP contribution is -2.62.